The van der Waals surface area contributed by atoms with Crippen LogP contribution < -0.4 is 15.4 Å². The molecule has 0 aliphatic carbocycles. The minimum atomic E-state index is -2.82. The second kappa shape index (κ2) is 8.43. The molecule has 0 radical (unpaired) electrons. The molecule has 2 N–H and O–H groups in total. The van der Waals surface area contributed by atoms with Crippen LogP contribution in [0.1, 0.15) is 18.4 Å². The van der Waals surface area contributed by atoms with Gasteiger partial charge in [-0.2, -0.15) is 8.78 Å². The summed E-state index contributed by atoms with van der Waals surface area (Å²) in [5.41, 5.74) is 1.94. The Bertz CT molecular complexity index is 620. The third-order valence-corrected chi connectivity index (χ3v) is 3.52. The van der Waals surface area contributed by atoms with Crippen LogP contribution in [0.2, 0.25) is 0 Å². The maximum Gasteiger partial charge on any atom is 0.387 e. The van der Waals surface area contributed by atoms with E-state index in [0.29, 0.717) is 23.3 Å². The van der Waals surface area contributed by atoms with Gasteiger partial charge in [0.05, 0.1) is 0 Å². The fourth-order valence-corrected chi connectivity index (χ4v) is 2.24. The van der Waals surface area contributed by atoms with E-state index >= 15 is 0 Å². The highest BCUT2D eigenvalue weighted by atomic mass is 32.1. The zero-order valence-electron chi connectivity index (χ0n) is 12.6. The number of hydrogen-bond donors (Lipinski definition) is 2. The fraction of sp³-hybridized carbons (Fsp3) is 0.235. The normalized spacial score (nSPS) is 11.8. The smallest absolute Gasteiger partial charge is 0.387 e. The number of hydrogen-bond acceptors (Lipinski definition) is 2. The molecule has 0 saturated heterocycles. The summed E-state index contributed by atoms with van der Waals surface area (Å²) in [6.07, 6.45) is 0. The summed E-state index contributed by atoms with van der Waals surface area (Å²) in [5, 5.41) is 6.63. The number of alkyl halides is 2. The van der Waals surface area contributed by atoms with Crippen LogP contribution in [0.4, 0.5) is 14.5 Å². The van der Waals surface area contributed by atoms with Gasteiger partial charge in [-0.25, -0.2) is 0 Å². The van der Waals surface area contributed by atoms with Crippen LogP contribution in [0.5, 0.6) is 5.75 Å². The predicted molar refractivity (Wildman–Crippen MR) is 92.2 cm³/mol. The van der Waals surface area contributed by atoms with E-state index in [9.17, 15) is 8.78 Å². The minimum Gasteiger partial charge on any atom is -0.435 e. The number of anilines is 1. The summed E-state index contributed by atoms with van der Waals surface area (Å²) >= 11 is 5.23. The van der Waals surface area contributed by atoms with E-state index in [0.717, 1.165) is 0 Å². The first-order chi connectivity index (χ1) is 11.0. The third-order valence-electron chi connectivity index (χ3n) is 3.27. The Morgan fingerprint density at radius 1 is 1.09 bits per heavy atom. The lowest BCUT2D eigenvalue weighted by Gasteiger charge is -2.15. The van der Waals surface area contributed by atoms with Gasteiger partial charge in [-0.15, -0.1) is 0 Å². The molecule has 0 spiro atoms. The van der Waals surface area contributed by atoms with Gasteiger partial charge in [-0.3, -0.25) is 0 Å². The van der Waals surface area contributed by atoms with Crippen molar-refractivity contribution in [2.24, 2.45) is 0 Å². The average Bonchev–Trinajstić information content (AvgIpc) is 2.55. The molecule has 0 unspecified atom stereocenters. The Balaban J connectivity index is 1.80. The highest BCUT2D eigenvalue weighted by Crippen LogP contribution is 2.18. The van der Waals surface area contributed by atoms with Gasteiger partial charge < -0.3 is 15.4 Å². The SMILES string of the molecule is C[C@@H](CNC(=S)Nc1ccc(OC(F)F)cc1)c1ccccc1. The zero-order valence-corrected chi connectivity index (χ0v) is 13.4. The van der Waals surface area contributed by atoms with Crippen molar-refractivity contribution in [3.8, 4) is 5.75 Å². The van der Waals surface area contributed by atoms with Crippen LogP contribution >= 0.6 is 12.2 Å². The number of benzene rings is 2. The molecule has 0 amide bonds. The molecule has 0 aromatic heterocycles. The van der Waals surface area contributed by atoms with Gasteiger partial charge in [-0.05, 0) is 48.0 Å². The van der Waals surface area contributed by atoms with Crippen molar-refractivity contribution in [1.82, 2.24) is 5.32 Å². The molecular weight excluding hydrogens is 318 g/mol. The molecule has 0 bridgehead atoms. The summed E-state index contributed by atoms with van der Waals surface area (Å²) in [5.74, 6) is 0.430. The van der Waals surface area contributed by atoms with E-state index in [1.54, 1.807) is 12.1 Å². The molecule has 3 nitrogen and oxygen atoms in total. The lowest BCUT2D eigenvalue weighted by atomic mass is 10.0. The van der Waals surface area contributed by atoms with E-state index in [2.05, 4.69) is 34.4 Å². The van der Waals surface area contributed by atoms with Gasteiger partial charge in [0.1, 0.15) is 5.75 Å². The maximum absolute atomic E-state index is 12.1. The summed E-state index contributed by atoms with van der Waals surface area (Å²) in [7, 11) is 0. The Hall–Kier alpha value is -2.21. The summed E-state index contributed by atoms with van der Waals surface area (Å²) in [4.78, 5) is 0. The van der Waals surface area contributed by atoms with Crippen molar-refractivity contribution >= 4 is 23.0 Å². The van der Waals surface area contributed by atoms with Crippen molar-refractivity contribution in [2.75, 3.05) is 11.9 Å². The number of ether oxygens (including phenoxy) is 1. The van der Waals surface area contributed by atoms with Gasteiger partial charge in [-0.1, -0.05) is 37.3 Å². The van der Waals surface area contributed by atoms with Gasteiger partial charge in [0.25, 0.3) is 0 Å². The Morgan fingerprint density at radius 2 is 1.74 bits per heavy atom. The van der Waals surface area contributed by atoms with Crippen LogP contribution in [-0.4, -0.2) is 18.3 Å². The fourth-order valence-electron chi connectivity index (χ4n) is 2.04. The molecule has 0 fully saturated rings. The van der Waals surface area contributed by atoms with Crippen molar-refractivity contribution in [3.63, 3.8) is 0 Å². The number of thiocarbonyl (C=S) groups is 1. The first-order valence-corrected chi connectivity index (χ1v) is 7.60. The van der Waals surface area contributed by atoms with Gasteiger partial charge >= 0.3 is 6.61 Å². The third kappa shape index (κ3) is 5.83. The van der Waals surface area contributed by atoms with Gasteiger partial charge in [0.15, 0.2) is 5.11 Å². The second-order valence-corrected chi connectivity index (χ2v) is 5.46. The van der Waals surface area contributed by atoms with Crippen molar-refractivity contribution in [1.29, 1.82) is 0 Å². The molecule has 2 aromatic rings. The molecule has 0 aliphatic heterocycles. The van der Waals surface area contributed by atoms with Gasteiger partial charge in [0, 0.05) is 12.2 Å². The molecule has 6 heteroatoms. The minimum absolute atomic E-state index is 0.113. The molecule has 2 rings (SSSR count). The lowest BCUT2D eigenvalue weighted by Crippen LogP contribution is -2.31. The standard InChI is InChI=1S/C17H18F2N2OS/c1-12(13-5-3-2-4-6-13)11-20-17(23)21-14-7-9-15(10-8-14)22-16(18)19/h2-10,12,16H,11H2,1H3,(H2,20,21,23)/t12-/m0/s1. The van der Waals surface area contributed by atoms with E-state index in [-0.39, 0.29) is 5.75 Å². The zero-order chi connectivity index (χ0) is 16.7. The lowest BCUT2D eigenvalue weighted by molar-refractivity contribution is -0.0498. The van der Waals surface area contributed by atoms with E-state index in [1.165, 1.54) is 17.7 Å². The van der Waals surface area contributed by atoms with Crippen molar-refractivity contribution in [2.45, 2.75) is 19.5 Å². The van der Waals surface area contributed by atoms with E-state index < -0.39 is 6.61 Å². The molecule has 0 saturated carbocycles. The largest absolute Gasteiger partial charge is 0.435 e. The van der Waals surface area contributed by atoms with Crippen molar-refractivity contribution < 1.29 is 13.5 Å². The van der Waals surface area contributed by atoms with Gasteiger partial charge in [0.2, 0.25) is 0 Å². The highest BCUT2D eigenvalue weighted by Gasteiger charge is 2.07. The second-order valence-electron chi connectivity index (χ2n) is 5.05. The quantitative estimate of drug-likeness (QED) is 0.767. The first kappa shape index (κ1) is 17.1. The molecular formula is C17H18F2N2OS. The molecule has 122 valence electrons. The molecule has 0 aliphatic rings. The highest BCUT2D eigenvalue weighted by molar-refractivity contribution is 7.80. The van der Waals surface area contributed by atoms with Crippen molar-refractivity contribution in [3.05, 3.63) is 60.2 Å². The molecule has 23 heavy (non-hydrogen) atoms. The number of rotatable bonds is 6. The number of halogens is 2. The topological polar surface area (TPSA) is 33.3 Å². The predicted octanol–water partition coefficient (Wildman–Crippen LogP) is 4.38. The van der Waals surface area contributed by atoms with Crippen LogP contribution in [0, 0.1) is 0 Å². The Morgan fingerprint density at radius 3 is 2.35 bits per heavy atom. The molecule has 1 atom stereocenters. The average molecular weight is 336 g/mol. The van der Waals surface area contributed by atoms with Crippen LogP contribution in [0.25, 0.3) is 0 Å². The Kier molecular flexibility index (Phi) is 6.29. The van der Waals surface area contributed by atoms with Crippen LogP contribution in [0.3, 0.4) is 0 Å². The monoisotopic (exact) mass is 336 g/mol. The summed E-state index contributed by atoms with van der Waals surface area (Å²) in [6.45, 7) is -0.0138. The van der Waals surface area contributed by atoms with Crippen LogP contribution in [-0.2, 0) is 0 Å². The molecule has 0 heterocycles. The number of nitrogens with one attached hydrogen (secondary N) is 2. The molecule has 2 aromatic carbocycles. The summed E-state index contributed by atoms with van der Waals surface area (Å²) in [6, 6.07) is 16.3. The first-order valence-electron chi connectivity index (χ1n) is 7.19. The van der Waals surface area contributed by atoms with E-state index in [4.69, 9.17) is 12.2 Å². The van der Waals surface area contributed by atoms with E-state index in [1.807, 2.05) is 18.2 Å². The summed E-state index contributed by atoms with van der Waals surface area (Å²) < 4.78 is 28.4. The Labute approximate surface area is 139 Å². The maximum atomic E-state index is 12.1. The van der Waals surface area contributed by atoms with Crippen LogP contribution in [0.15, 0.2) is 54.6 Å².